The maximum Gasteiger partial charge on any atom is 0.326 e. The van der Waals surface area contributed by atoms with Gasteiger partial charge in [0.1, 0.15) is 12.1 Å². The van der Waals surface area contributed by atoms with Gasteiger partial charge in [0.25, 0.3) is 0 Å². The Kier molecular flexibility index (Phi) is 11.3. The molecule has 2 amide bonds. The maximum atomic E-state index is 11.9. The molecule has 1 heterocycles. The topological polar surface area (TPSA) is 166 Å². The van der Waals surface area contributed by atoms with Gasteiger partial charge in [-0.15, -0.1) is 0 Å². The van der Waals surface area contributed by atoms with E-state index in [-0.39, 0.29) is 12.8 Å². The van der Waals surface area contributed by atoms with Gasteiger partial charge in [-0.1, -0.05) is 6.92 Å². The van der Waals surface area contributed by atoms with Crippen LogP contribution < -0.4 is 10.6 Å². The number of carbonyl (C=O) groups is 4. The molecule has 5 N–H and O–H groups in total. The van der Waals surface area contributed by atoms with Gasteiger partial charge in [0.05, 0.1) is 0 Å². The van der Waals surface area contributed by atoms with Gasteiger partial charge in [-0.25, -0.2) is 14.4 Å². The highest BCUT2D eigenvalue weighted by Crippen LogP contribution is 2.15. The third-order valence-electron chi connectivity index (χ3n) is 4.15. The van der Waals surface area contributed by atoms with Crippen molar-refractivity contribution in [2.45, 2.75) is 56.9 Å². The quantitative estimate of drug-likeness (QED) is 0.270. The fourth-order valence-corrected chi connectivity index (χ4v) is 3.46. The van der Waals surface area contributed by atoms with Gasteiger partial charge in [-0.05, 0) is 49.1 Å². The fraction of sp³-hybridized carbons (Fsp3) is 0.526. The highest BCUT2D eigenvalue weighted by Gasteiger charge is 2.24. The van der Waals surface area contributed by atoms with Gasteiger partial charge in [-0.2, -0.15) is 11.8 Å². The van der Waals surface area contributed by atoms with E-state index < -0.39 is 42.4 Å². The Morgan fingerprint density at radius 2 is 1.70 bits per heavy atom. The lowest BCUT2D eigenvalue weighted by Gasteiger charge is -2.18. The molecule has 1 aromatic heterocycles. The van der Waals surface area contributed by atoms with Crippen molar-refractivity contribution >= 4 is 35.7 Å². The van der Waals surface area contributed by atoms with Crippen LogP contribution in [0.2, 0.25) is 0 Å². The largest absolute Gasteiger partial charge is 0.481 e. The number of carbonyl (C=O) groups excluding carboxylic acids is 1. The van der Waals surface area contributed by atoms with Crippen LogP contribution in [0.25, 0.3) is 0 Å². The summed E-state index contributed by atoms with van der Waals surface area (Å²) in [4.78, 5) is 49.2. The third-order valence-corrected chi connectivity index (χ3v) is 5.26. The summed E-state index contributed by atoms with van der Waals surface area (Å²) in [6.45, 7) is 2.03. The van der Waals surface area contributed by atoms with E-state index in [4.69, 9.17) is 10.2 Å². The molecule has 0 aliphatic carbocycles. The van der Waals surface area contributed by atoms with Crippen molar-refractivity contribution in [2.24, 2.45) is 0 Å². The summed E-state index contributed by atoms with van der Waals surface area (Å²) in [5, 5.41) is 31.3. The second kappa shape index (κ2) is 13.4. The molecule has 2 unspecified atom stereocenters. The zero-order valence-electron chi connectivity index (χ0n) is 16.7. The molecule has 0 fully saturated rings. The van der Waals surface area contributed by atoms with Crippen LogP contribution in [0.5, 0.6) is 0 Å². The number of hydrogen-bond acceptors (Lipinski definition) is 6. The van der Waals surface area contributed by atoms with E-state index in [2.05, 4.69) is 15.6 Å². The van der Waals surface area contributed by atoms with E-state index in [0.717, 1.165) is 23.4 Å². The van der Waals surface area contributed by atoms with Crippen molar-refractivity contribution in [3.63, 3.8) is 0 Å². The van der Waals surface area contributed by atoms with E-state index in [9.17, 15) is 24.3 Å². The number of aromatic nitrogens is 1. The molecule has 0 aliphatic rings. The summed E-state index contributed by atoms with van der Waals surface area (Å²) < 4.78 is 0. The summed E-state index contributed by atoms with van der Waals surface area (Å²) in [5.74, 6) is -2.36. The molecule has 1 rings (SSSR count). The first-order chi connectivity index (χ1) is 14.2. The van der Waals surface area contributed by atoms with Gasteiger partial charge in [0.2, 0.25) is 0 Å². The first kappa shape index (κ1) is 25.2. The van der Waals surface area contributed by atoms with Crippen LogP contribution in [0.4, 0.5) is 4.79 Å². The van der Waals surface area contributed by atoms with Crippen LogP contribution in [0, 0.1) is 0 Å². The van der Waals surface area contributed by atoms with Crippen molar-refractivity contribution < 1.29 is 34.5 Å². The van der Waals surface area contributed by atoms with E-state index in [1.807, 2.05) is 19.1 Å². The molecule has 0 aromatic carbocycles. The monoisotopic (exact) mass is 441 g/mol. The number of nitrogens with zero attached hydrogens (tertiary/aromatic N) is 1. The number of thioether (sulfide) groups is 1. The Bertz CT molecular complexity index is 745. The zero-order valence-corrected chi connectivity index (χ0v) is 17.5. The van der Waals surface area contributed by atoms with Crippen molar-refractivity contribution in [3.8, 4) is 0 Å². The molecular weight excluding hydrogens is 414 g/mol. The SMILES string of the molecule is CCc1cc(CSCCCC(NC(=O)NC(CCC(=O)O)C(=O)O)C(=O)O)ccn1. The Morgan fingerprint density at radius 3 is 2.27 bits per heavy atom. The first-order valence-corrected chi connectivity index (χ1v) is 10.6. The van der Waals surface area contributed by atoms with Crippen molar-refractivity contribution in [1.29, 1.82) is 0 Å². The Labute approximate surface area is 178 Å². The predicted molar refractivity (Wildman–Crippen MR) is 110 cm³/mol. The molecule has 30 heavy (non-hydrogen) atoms. The normalized spacial score (nSPS) is 12.6. The zero-order chi connectivity index (χ0) is 22.5. The second-order valence-electron chi connectivity index (χ2n) is 6.54. The summed E-state index contributed by atoms with van der Waals surface area (Å²) in [6.07, 6.45) is 2.59. The van der Waals surface area contributed by atoms with Crippen LogP contribution in [-0.4, -0.2) is 62.1 Å². The number of amides is 2. The van der Waals surface area contributed by atoms with E-state index in [1.165, 1.54) is 0 Å². The molecular formula is C19H27N3O7S. The highest BCUT2D eigenvalue weighted by molar-refractivity contribution is 7.98. The molecule has 166 valence electrons. The van der Waals surface area contributed by atoms with Crippen LogP contribution in [0.1, 0.15) is 43.9 Å². The second-order valence-corrected chi connectivity index (χ2v) is 7.64. The Morgan fingerprint density at radius 1 is 1.07 bits per heavy atom. The minimum absolute atomic E-state index is 0.180. The van der Waals surface area contributed by atoms with Crippen molar-refractivity contribution in [3.05, 3.63) is 29.6 Å². The molecule has 0 saturated heterocycles. The number of carboxylic acids is 3. The van der Waals surface area contributed by atoms with Crippen LogP contribution in [-0.2, 0) is 26.6 Å². The number of rotatable bonds is 14. The lowest BCUT2D eigenvalue weighted by molar-refractivity contribution is -0.140. The molecule has 0 bridgehead atoms. The van der Waals surface area contributed by atoms with Gasteiger partial charge in [0, 0.05) is 24.1 Å². The lowest BCUT2D eigenvalue weighted by atomic mass is 10.1. The number of pyridine rings is 1. The molecule has 0 aliphatic heterocycles. The molecule has 0 radical (unpaired) electrons. The predicted octanol–water partition coefficient (Wildman–Crippen LogP) is 1.73. The average Bonchev–Trinajstić information content (AvgIpc) is 2.69. The number of nitrogens with one attached hydrogen (secondary N) is 2. The molecule has 11 heteroatoms. The minimum Gasteiger partial charge on any atom is -0.481 e. The van der Waals surface area contributed by atoms with Gasteiger partial charge >= 0.3 is 23.9 Å². The van der Waals surface area contributed by atoms with Gasteiger partial charge in [-0.3, -0.25) is 9.78 Å². The van der Waals surface area contributed by atoms with Gasteiger partial charge in [0.15, 0.2) is 0 Å². The summed E-state index contributed by atoms with van der Waals surface area (Å²) in [5.41, 5.74) is 2.15. The van der Waals surface area contributed by atoms with E-state index in [0.29, 0.717) is 12.2 Å². The highest BCUT2D eigenvalue weighted by atomic mass is 32.2. The van der Waals surface area contributed by atoms with E-state index >= 15 is 0 Å². The van der Waals surface area contributed by atoms with Crippen molar-refractivity contribution in [2.75, 3.05) is 5.75 Å². The Hall–Kier alpha value is -2.82. The summed E-state index contributed by atoms with van der Waals surface area (Å²) >= 11 is 1.64. The molecule has 0 saturated carbocycles. The van der Waals surface area contributed by atoms with Crippen LogP contribution in [0.15, 0.2) is 18.3 Å². The summed E-state index contributed by atoms with van der Waals surface area (Å²) in [7, 11) is 0. The number of hydrogen-bond donors (Lipinski definition) is 5. The van der Waals surface area contributed by atoms with Gasteiger partial charge < -0.3 is 26.0 Å². The third kappa shape index (κ3) is 10.1. The standard InChI is InChI=1S/C19H27N3O7S/c1-2-13-10-12(7-8-20-13)11-30-9-3-4-14(17(25)26)21-19(29)22-15(18(27)28)5-6-16(23)24/h7-8,10,14-15H,2-6,9,11H2,1H3,(H,23,24)(H,25,26)(H,27,28)(H2,21,22,29). The van der Waals surface area contributed by atoms with Crippen LogP contribution >= 0.6 is 11.8 Å². The Balaban J connectivity index is 2.42. The maximum absolute atomic E-state index is 11.9. The number of aryl methyl sites for hydroxylation is 1. The minimum atomic E-state index is -1.42. The first-order valence-electron chi connectivity index (χ1n) is 9.48. The van der Waals surface area contributed by atoms with Crippen molar-refractivity contribution in [1.82, 2.24) is 15.6 Å². The molecule has 2 atom stereocenters. The number of urea groups is 1. The molecule has 0 spiro atoms. The average molecular weight is 442 g/mol. The number of aliphatic carboxylic acids is 3. The molecule has 1 aromatic rings. The number of carboxylic acid groups (broad SMARTS) is 3. The van der Waals surface area contributed by atoms with E-state index in [1.54, 1.807) is 18.0 Å². The summed E-state index contributed by atoms with van der Waals surface area (Å²) in [6, 6.07) is 0.409. The molecule has 10 nitrogen and oxygen atoms in total. The fourth-order valence-electron chi connectivity index (χ4n) is 2.53. The van der Waals surface area contributed by atoms with Crippen LogP contribution in [0.3, 0.4) is 0 Å². The lowest BCUT2D eigenvalue weighted by Crippen LogP contribution is -2.51. The smallest absolute Gasteiger partial charge is 0.326 e.